The summed E-state index contributed by atoms with van der Waals surface area (Å²) in [5.41, 5.74) is 1.68. The summed E-state index contributed by atoms with van der Waals surface area (Å²) in [6.45, 7) is 1.50. The molecule has 1 amide bonds. The maximum atomic E-state index is 12.6. The largest absolute Gasteiger partial charge is 0.478 e. The van der Waals surface area contributed by atoms with E-state index in [1.807, 2.05) is 30.3 Å². The van der Waals surface area contributed by atoms with Crippen molar-refractivity contribution < 1.29 is 19.4 Å². The summed E-state index contributed by atoms with van der Waals surface area (Å²) in [6.07, 6.45) is 1.83. The number of amides is 1. The predicted octanol–water partition coefficient (Wildman–Crippen LogP) is 3.28. The first kappa shape index (κ1) is 17.2. The van der Waals surface area contributed by atoms with Gasteiger partial charge in [-0.2, -0.15) is 0 Å². The Balaban J connectivity index is 1.74. The molecule has 2 unspecified atom stereocenters. The van der Waals surface area contributed by atoms with E-state index >= 15 is 0 Å². The molecule has 1 fully saturated rings. The van der Waals surface area contributed by atoms with Crippen LogP contribution < -0.4 is 5.32 Å². The molecule has 2 aromatic carbocycles. The van der Waals surface area contributed by atoms with Crippen LogP contribution in [-0.4, -0.2) is 30.2 Å². The molecule has 25 heavy (non-hydrogen) atoms. The number of benzene rings is 2. The average Bonchev–Trinajstić information content (AvgIpc) is 3.15. The molecule has 1 aliphatic heterocycles. The van der Waals surface area contributed by atoms with Crippen LogP contribution in [0.2, 0.25) is 0 Å². The Labute approximate surface area is 146 Å². The minimum atomic E-state index is -1.00. The number of carboxylic acids is 1. The molecule has 1 heterocycles. The molecule has 130 valence electrons. The van der Waals surface area contributed by atoms with Gasteiger partial charge in [0.15, 0.2) is 0 Å². The average molecular weight is 339 g/mol. The Morgan fingerprint density at radius 1 is 1.08 bits per heavy atom. The number of hydrogen-bond acceptors (Lipinski definition) is 3. The number of carbonyl (C=O) groups excluding carboxylic acids is 1. The molecular formula is C20H21NO4. The van der Waals surface area contributed by atoms with Gasteiger partial charge in [-0.05, 0) is 48.6 Å². The van der Waals surface area contributed by atoms with Crippen molar-refractivity contribution in [2.45, 2.75) is 18.9 Å². The standard InChI is InChI=1S/C20H21NO4/c22-19(16-6-8-17(9-7-16)20(23)24)21-18(12-14-10-11-25-13-14)15-4-2-1-3-5-15/h1-9,14,18H,10-13H2,(H,21,22)(H,23,24). The van der Waals surface area contributed by atoms with E-state index in [9.17, 15) is 9.59 Å². The lowest BCUT2D eigenvalue weighted by molar-refractivity contribution is 0.0696. The number of ether oxygens (including phenoxy) is 1. The molecule has 0 aliphatic carbocycles. The summed E-state index contributed by atoms with van der Waals surface area (Å²) < 4.78 is 5.45. The van der Waals surface area contributed by atoms with E-state index in [4.69, 9.17) is 9.84 Å². The van der Waals surface area contributed by atoms with Gasteiger partial charge in [-0.3, -0.25) is 4.79 Å². The molecule has 5 nitrogen and oxygen atoms in total. The monoisotopic (exact) mass is 339 g/mol. The minimum absolute atomic E-state index is 0.0976. The molecule has 0 saturated carbocycles. The molecule has 1 saturated heterocycles. The molecule has 2 aromatic rings. The first-order valence-corrected chi connectivity index (χ1v) is 8.40. The number of nitrogens with one attached hydrogen (secondary N) is 1. The van der Waals surface area contributed by atoms with Crippen LogP contribution in [0.15, 0.2) is 54.6 Å². The Morgan fingerprint density at radius 3 is 2.36 bits per heavy atom. The normalized spacial score (nSPS) is 17.8. The summed E-state index contributed by atoms with van der Waals surface area (Å²) in [7, 11) is 0. The van der Waals surface area contributed by atoms with Gasteiger partial charge in [0, 0.05) is 18.8 Å². The Bertz CT molecular complexity index is 721. The quantitative estimate of drug-likeness (QED) is 0.847. The summed E-state index contributed by atoms with van der Waals surface area (Å²) in [5.74, 6) is -0.778. The van der Waals surface area contributed by atoms with Crippen molar-refractivity contribution in [3.63, 3.8) is 0 Å². The van der Waals surface area contributed by atoms with E-state index in [0.717, 1.165) is 31.6 Å². The number of carbonyl (C=O) groups is 2. The van der Waals surface area contributed by atoms with E-state index < -0.39 is 5.97 Å². The fourth-order valence-electron chi connectivity index (χ4n) is 3.07. The fourth-order valence-corrected chi connectivity index (χ4v) is 3.07. The molecule has 0 spiro atoms. The smallest absolute Gasteiger partial charge is 0.335 e. The van der Waals surface area contributed by atoms with Crippen LogP contribution in [-0.2, 0) is 4.74 Å². The first-order chi connectivity index (χ1) is 12.1. The van der Waals surface area contributed by atoms with Crippen molar-refractivity contribution in [3.8, 4) is 0 Å². The van der Waals surface area contributed by atoms with Crippen LogP contribution in [0.25, 0.3) is 0 Å². The maximum absolute atomic E-state index is 12.6. The molecule has 2 N–H and O–H groups in total. The van der Waals surface area contributed by atoms with E-state index in [1.165, 1.54) is 12.1 Å². The maximum Gasteiger partial charge on any atom is 0.335 e. The molecule has 2 atom stereocenters. The van der Waals surface area contributed by atoms with Crippen LogP contribution in [0.1, 0.15) is 45.2 Å². The molecule has 0 radical (unpaired) electrons. The lowest BCUT2D eigenvalue weighted by atomic mass is 9.94. The first-order valence-electron chi connectivity index (χ1n) is 8.40. The minimum Gasteiger partial charge on any atom is -0.478 e. The SMILES string of the molecule is O=C(O)c1ccc(C(=O)NC(CC2CCOC2)c2ccccc2)cc1. The third-order valence-electron chi connectivity index (χ3n) is 4.49. The zero-order valence-electron chi connectivity index (χ0n) is 13.9. The third kappa shape index (κ3) is 4.45. The number of rotatable bonds is 6. The summed E-state index contributed by atoms with van der Waals surface area (Å²) >= 11 is 0. The van der Waals surface area contributed by atoms with Crippen molar-refractivity contribution in [2.75, 3.05) is 13.2 Å². The van der Waals surface area contributed by atoms with E-state index in [0.29, 0.717) is 11.5 Å². The number of hydrogen-bond donors (Lipinski definition) is 2. The second-order valence-corrected chi connectivity index (χ2v) is 6.28. The lowest BCUT2D eigenvalue weighted by Gasteiger charge is -2.22. The molecule has 3 rings (SSSR count). The molecule has 0 bridgehead atoms. The molecule has 1 aliphatic rings. The van der Waals surface area contributed by atoms with Gasteiger partial charge >= 0.3 is 5.97 Å². The molecule has 0 aromatic heterocycles. The lowest BCUT2D eigenvalue weighted by Crippen LogP contribution is -2.30. The van der Waals surface area contributed by atoms with Crippen LogP contribution in [0.3, 0.4) is 0 Å². The van der Waals surface area contributed by atoms with Gasteiger partial charge in [-0.15, -0.1) is 0 Å². The van der Waals surface area contributed by atoms with E-state index in [2.05, 4.69) is 5.32 Å². The Hall–Kier alpha value is -2.66. The van der Waals surface area contributed by atoms with Crippen molar-refractivity contribution in [1.82, 2.24) is 5.32 Å². The second-order valence-electron chi connectivity index (χ2n) is 6.28. The van der Waals surface area contributed by atoms with Crippen LogP contribution in [0, 0.1) is 5.92 Å². The highest BCUT2D eigenvalue weighted by Crippen LogP contribution is 2.27. The molecular weight excluding hydrogens is 318 g/mol. The highest BCUT2D eigenvalue weighted by molar-refractivity contribution is 5.96. The van der Waals surface area contributed by atoms with Crippen molar-refractivity contribution in [1.29, 1.82) is 0 Å². The summed E-state index contributed by atoms with van der Waals surface area (Å²) in [4.78, 5) is 23.5. The van der Waals surface area contributed by atoms with Gasteiger partial charge in [-0.1, -0.05) is 30.3 Å². The van der Waals surface area contributed by atoms with Crippen LogP contribution >= 0.6 is 0 Å². The summed E-state index contributed by atoms with van der Waals surface area (Å²) in [6, 6.07) is 15.8. The van der Waals surface area contributed by atoms with Gasteiger partial charge in [-0.25, -0.2) is 4.79 Å². The van der Waals surface area contributed by atoms with Crippen molar-refractivity contribution in [3.05, 3.63) is 71.3 Å². The highest BCUT2D eigenvalue weighted by atomic mass is 16.5. The predicted molar refractivity (Wildman–Crippen MR) is 93.6 cm³/mol. The van der Waals surface area contributed by atoms with Gasteiger partial charge in [0.25, 0.3) is 5.91 Å². The van der Waals surface area contributed by atoms with E-state index in [-0.39, 0.29) is 17.5 Å². The second kappa shape index (κ2) is 7.94. The third-order valence-corrected chi connectivity index (χ3v) is 4.49. The van der Waals surface area contributed by atoms with Crippen LogP contribution in [0.5, 0.6) is 0 Å². The zero-order chi connectivity index (χ0) is 17.6. The zero-order valence-corrected chi connectivity index (χ0v) is 13.9. The fraction of sp³-hybridized carbons (Fsp3) is 0.300. The molecule has 5 heteroatoms. The van der Waals surface area contributed by atoms with Gasteiger partial charge in [0.2, 0.25) is 0 Å². The number of carboxylic acid groups (broad SMARTS) is 1. The van der Waals surface area contributed by atoms with Gasteiger partial charge in [0.05, 0.1) is 11.6 Å². The number of aromatic carboxylic acids is 1. The van der Waals surface area contributed by atoms with E-state index in [1.54, 1.807) is 12.1 Å². The highest BCUT2D eigenvalue weighted by Gasteiger charge is 2.23. The Kier molecular flexibility index (Phi) is 5.46. The van der Waals surface area contributed by atoms with Crippen molar-refractivity contribution >= 4 is 11.9 Å². The van der Waals surface area contributed by atoms with Crippen LogP contribution in [0.4, 0.5) is 0 Å². The van der Waals surface area contributed by atoms with Gasteiger partial charge < -0.3 is 15.2 Å². The topological polar surface area (TPSA) is 75.6 Å². The van der Waals surface area contributed by atoms with Crippen molar-refractivity contribution in [2.24, 2.45) is 5.92 Å². The summed E-state index contributed by atoms with van der Waals surface area (Å²) in [5, 5.41) is 12.0. The van der Waals surface area contributed by atoms with Gasteiger partial charge in [0.1, 0.15) is 0 Å². The Morgan fingerprint density at radius 2 is 1.76 bits per heavy atom.